The maximum absolute atomic E-state index is 5.25. The lowest BCUT2D eigenvalue weighted by molar-refractivity contribution is 0.0405. The highest BCUT2D eigenvalue weighted by Crippen LogP contribution is 2.09. The highest BCUT2D eigenvalue weighted by atomic mass is 79.9. The summed E-state index contributed by atoms with van der Waals surface area (Å²) >= 11 is 3.32. The van der Waals surface area contributed by atoms with Crippen LogP contribution in [0.1, 0.15) is 20.8 Å². The van der Waals surface area contributed by atoms with E-state index in [2.05, 4.69) is 15.9 Å². The fourth-order valence-corrected chi connectivity index (χ4v) is 1.22. The van der Waals surface area contributed by atoms with E-state index in [4.69, 9.17) is 14.2 Å². The van der Waals surface area contributed by atoms with Crippen LogP contribution >= 0.6 is 15.9 Å². The second kappa shape index (κ2) is 10.8. The van der Waals surface area contributed by atoms with E-state index in [9.17, 15) is 0 Å². The van der Waals surface area contributed by atoms with Crippen LogP contribution in [0.3, 0.4) is 0 Å². The zero-order valence-electron chi connectivity index (χ0n) is 9.09. The Balaban J connectivity index is 0. The van der Waals surface area contributed by atoms with Gasteiger partial charge in [0.15, 0.2) is 0 Å². The summed E-state index contributed by atoms with van der Waals surface area (Å²) in [7, 11) is 0. The molecule has 5 heteroatoms. The SMILES string of the molecule is CCOC(=CC(Br)OCC)OCC.N. The minimum atomic E-state index is -0.148. The molecule has 1 atom stereocenters. The quantitative estimate of drug-likeness (QED) is 0.570. The first-order valence-corrected chi connectivity index (χ1v) is 5.39. The van der Waals surface area contributed by atoms with Gasteiger partial charge < -0.3 is 20.4 Å². The van der Waals surface area contributed by atoms with Crippen molar-refractivity contribution >= 4 is 15.9 Å². The molecule has 4 nitrogen and oxygen atoms in total. The minimum absolute atomic E-state index is 0. The van der Waals surface area contributed by atoms with Gasteiger partial charge in [-0.1, -0.05) is 15.9 Å². The molecule has 0 fully saturated rings. The van der Waals surface area contributed by atoms with E-state index < -0.39 is 0 Å². The monoisotopic (exact) mass is 269 g/mol. The second-order valence-electron chi connectivity index (χ2n) is 2.16. The molecule has 0 heterocycles. The molecule has 0 aromatic rings. The van der Waals surface area contributed by atoms with Crippen LogP contribution in [0.2, 0.25) is 0 Å². The van der Waals surface area contributed by atoms with Gasteiger partial charge in [0.05, 0.1) is 13.2 Å². The molecule has 0 rings (SSSR count). The molecule has 86 valence electrons. The zero-order chi connectivity index (χ0) is 10.1. The molecule has 0 saturated heterocycles. The highest BCUT2D eigenvalue weighted by molar-refractivity contribution is 9.09. The van der Waals surface area contributed by atoms with Crippen LogP contribution < -0.4 is 6.15 Å². The third-order valence-corrected chi connectivity index (χ3v) is 1.69. The van der Waals surface area contributed by atoms with E-state index in [1.54, 1.807) is 6.08 Å². The van der Waals surface area contributed by atoms with Crippen LogP contribution in [0.4, 0.5) is 0 Å². The number of halogens is 1. The van der Waals surface area contributed by atoms with E-state index in [-0.39, 0.29) is 11.2 Å². The van der Waals surface area contributed by atoms with Crippen LogP contribution in [-0.2, 0) is 14.2 Å². The summed E-state index contributed by atoms with van der Waals surface area (Å²) in [5, 5.41) is -0.148. The Morgan fingerprint density at radius 3 is 2.00 bits per heavy atom. The molecule has 0 radical (unpaired) electrons. The van der Waals surface area contributed by atoms with E-state index in [0.29, 0.717) is 25.8 Å². The van der Waals surface area contributed by atoms with Crippen LogP contribution in [0.25, 0.3) is 0 Å². The summed E-state index contributed by atoms with van der Waals surface area (Å²) in [5.74, 6) is 0.514. The maximum atomic E-state index is 5.25. The standard InChI is InChI=1S/C9H17BrO3.H3N/c1-4-11-8(10)7-9(12-5-2)13-6-3;/h7-8H,4-6H2,1-3H3;1H3. The Labute approximate surface area is 94.3 Å². The molecule has 0 aliphatic heterocycles. The van der Waals surface area contributed by atoms with E-state index >= 15 is 0 Å². The van der Waals surface area contributed by atoms with Crippen molar-refractivity contribution in [3.05, 3.63) is 12.0 Å². The maximum Gasteiger partial charge on any atom is 0.278 e. The number of ether oxygens (including phenoxy) is 3. The van der Waals surface area contributed by atoms with Gasteiger partial charge in [0.1, 0.15) is 5.01 Å². The first kappa shape index (κ1) is 16.2. The van der Waals surface area contributed by atoms with Gasteiger partial charge >= 0.3 is 0 Å². The van der Waals surface area contributed by atoms with E-state index in [0.717, 1.165) is 0 Å². The lowest BCUT2D eigenvalue weighted by atomic mass is 10.6. The molecule has 0 saturated carbocycles. The zero-order valence-corrected chi connectivity index (χ0v) is 10.7. The minimum Gasteiger partial charge on any atom is -0.466 e. The van der Waals surface area contributed by atoms with Gasteiger partial charge in [-0.25, -0.2) is 0 Å². The molecule has 0 aliphatic carbocycles. The normalized spacial score (nSPS) is 11.1. The van der Waals surface area contributed by atoms with Crippen molar-refractivity contribution in [2.75, 3.05) is 19.8 Å². The molecular weight excluding hydrogens is 250 g/mol. The van der Waals surface area contributed by atoms with E-state index in [1.807, 2.05) is 20.8 Å². The third-order valence-electron chi connectivity index (χ3n) is 1.17. The molecule has 14 heavy (non-hydrogen) atoms. The number of hydrogen-bond acceptors (Lipinski definition) is 4. The van der Waals surface area contributed by atoms with Gasteiger partial charge in [0, 0.05) is 12.7 Å². The first-order chi connectivity index (χ1) is 6.24. The molecule has 0 aromatic carbocycles. The Kier molecular flexibility index (Phi) is 12.5. The predicted molar refractivity (Wildman–Crippen MR) is 60.7 cm³/mol. The van der Waals surface area contributed by atoms with Gasteiger partial charge in [0.2, 0.25) is 0 Å². The van der Waals surface area contributed by atoms with Crippen molar-refractivity contribution in [2.45, 2.75) is 25.8 Å². The molecular formula is C9H20BrNO3. The molecule has 0 aromatic heterocycles. The lowest BCUT2D eigenvalue weighted by Gasteiger charge is -2.11. The predicted octanol–water partition coefficient (Wildman–Crippen LogP) is 2.82. The lowest BCUT2D eigenvalue weighted by Crippen LogP contribution is -2.05. The van der Waals surface area contributed by atoms with Crippen molar-refractivity contribution in [3.8, 4) is 0 Å². The van der Waals surface area contributed by atoms with Crippen LogP contribution in [0, 0.1) is 0 Å². The molecule has 0 spiro atoms. The summed E-state index contributed by atoms with van der Waals surface area (Å²) in [4.78, 5) is 0. The summed E-state index contributed by atoms with van der Waals surface area (Å²) < 4.78 is 15.7. The smallest absolute Gasteiger partial charge is 0.278 e. The Hall–Kier alpha value is -0.260. The molecule has 0 bridgehead atoms. The topological polar surface area (TPSA) is 62.7 Å². The van der Waals surface area contributed by atoms with Crippen LogP contribution in [0.15, 0.2) is 12.0 Å². The fourth-order valence-electron chi connectivity index (χ4n) is 0.737. The first-order valence-electron chi connectivity index (χ1n) is 4.47. The fraction of sp³-hybridized carbons (Fsp3) is 0.778. The number of rotatable bonds is 7. The highest BCUT2D eigenvalue weighted by Gasteiger charge is 2.03. The van der Waals surface area contributed by atoms with Crippen molar-refractivity contribution in [1.29, 1.82) is 0 Å². The van der Waals surface area contributed by atoms with Gasteiger partial charge in [-0.3, -0.25) is 0 Å². The molecule has 3 N–H and O–H groups in total. The Morgan fingerprint density at radius 2 is 1.64 bits per heavy atom. The Bertz CT molecular complexity index is 145. The van der Waals surface area contributed by atoms with Gasteiger partial charge in [0.25, 0.3) is 5.95 Å². The Morgan fingerprint density at radius 1 is 1.14 bits per heavy atom. The van der Waals surface area contributed by atoms with Crippen LogP contribution in [0.5, 0.6) is 0 Å². The van der Waals surface area contributed by atoms with Gasteiger partial charge in [-0.15, -0.1) is 0 Å². The second-order valence-corrected chi connectivity index (χ2v) is 3.06. The molecule has 1 unspecified atom stereocenters. The van der Waals surface area contributed by atoms with Crippen molar-refractivity contribution in [3.63, 3.8) is 0 Å². The largest absolute Gasteiger partial charge is 0.466 e. The molecule has 0 amide bonds. The number of alkyl halides is 1. The average molecular weight is 270 g/mol. The van der Waals surface area contributed by atoms with Crippen molar-refractivity contribution in [2.24, 2.45) is 0 Å². The summed E-state index contributed by atoms with van der Waals surface area (Å²) in [6, 6.07) is 0. The van der Waals surface area contributed by atoms with Crippen molar-refractivity contribution in [1.82, 2.24) is 6.15 Å². The van der Waals surface area contributed by atoms with Gasteiger partial charge in [-0.2, -0.15) is 0 Å². The van der Waals surface area contributed by atoms with Crippen molar-refractivity contribution < 1.29 is 14.2 Å². The van der Waals surface area contributed by atoms with Gasteiger partial charge in [-0.05, 0) is 20.8 Å². The summed E-state index contributed by atoms with van der Waals surface area (Å²) in [5.41, 5.74) is 0. The van der Waals surface area contributed by atoms with Crippen LogP contribution in [-0.4, -0.2) is 24.8 Å². The summed E-state index contributed by atoms with van der Waals surface area (Å²) in [6.45, 7) is 7.60. The average Bonchev–Trinajstić information content (AvgIpc) is 2.05. The number of hydrogen-bond donors (Lipinski definition) is 1. The molecule has 0 aliphatic rings. The van der Waals surface area contributed by atoms with E-state index in [1.165, 1.54) is 0 Å². The third kappa shape index (κ3) is 8.34. The summed E-state index contributed by atoms with van der Waals surface area (Å²) in [6.07, 6.45) is 1.76.